The normalized spacial score (nSPS) is 19.2. The van der Waals surface area contributed by atoms with Gasteiger partial charge in [0.15, 0.2) is 0 Å². The number of hydrogen-bond acceptors (Lipinski definition) is 3. The van der Waals surface area contributed by atoms with E-state index in [2.05, 4.69) is 40.0 Å². The van der Waals surface area contributed by atoms with Crippen molar-refractivity contribution in [2.75, 3.05) is 25.4 Å². The molecule has 116 valence electrons. The number of nitrogens with two attached hydrogens (primary N) is 1. The third kappa shape index (κ3) is 3.95. The first-order valence-electron chi connectivity index (χ1n) is 7.15. The molecule has 6 heteroatoms. The average Bonchev–Trinajstić information content (AvgIpc) is 2.89. The maximum Gasteiger partial charge on any atom is 0.252 e. The van der Waals surface area contributed by atoms with Crippen LogP contribution in [0.1, 0.15) is 30.6 Å². The molecule has 4 nitrogen and oxygen atoms in total. The van der Waals surface area contributed by atoms with Crippen molar-refractivity contribution in [2.45, 2.75) is 26.3 Å². The van der Waals surface area contributed by atoms with Gasteiger partial charge in [-0.05, 0) is 60.8 Å². The molecule has 1 aliphatic rings. The van der Waals surface area contributed by atoms with Gasteiger partial charge in [-0.1, -0.05) is 0 Å². The molecule has 0 aromatic heterocycles. The number of nitrogen functional groups attached to an aromatic ring is 1. The van der Waals surface area contributed by atoms with Crippen LogP contribution < -0.4 is 11.1 Å². The molecule has 2 rings (SSSR count). The number of nitrogens with zero attached hydrogens (tertiary/aromatic N) is 1. The molecule has 0 aliphatic carbocycles. The highest BCUT2D eigenvalue weighted by molar-refractivity contribution is 9.10. The Balaban J connectivity index is 1.92. The Kier molecular flexibility index (Phi) is 5.22. The summed E-state index contributed by atoms with van der Waals surface area (Å²) in [6.07, 6.45) is 1.09. The summed E-state index contributed by atoms with van der Waals surface area (Å²) in [7, 11) is 0. The second kappa shape index (κ2) is 6.75. The number of hydrogen-bond donors (Lipinski definition) is 2. The first kappa shape index (κ1) is 16.2. The van der Waals surface area contributed by atoms with Crippen LogP contribution in [0.25, 0.3) is 0 Å². The summed E-state index contributed by atoms with van der Waals surface area (Å²) in [4.78, 5) is 14.6. The van der Waals surface area contributed by atoms with E-state index in [1.54, 1.807) is 0 Å². The zero-order valence-electron chi connectivity index (χ0n) is 12.3. The third-order valence-electron chi connectivity index (χ3n) is 3.93. The van der Waals surface area contributed by atoms with Crippen LogP contribution in [0.4, 0.5) is 10.1 Å². The van der Waals surface area contributed by atoms with Crippen LogP contribution in [0.2, 0.25) is 0 Å². The smallest absolute Gasteiger partial charge is 0.252 e. The molecule has 1 amide bonds. The summed E-state index contributed by atoms with van der Waals surface area (Å²) in [6, 6.07) is 3.13. The van der Waals surface area contributed by atoms with Gasteiger partial charge < -0.3 is 16.0 Å². The van der Waals surface area contributed by atoms with Gasteiger partial charge in [0.05, 0.1) is 11.3 Å². The van der Waals surface area contributed by atoms with Gasteiger partial charge in [-0.15, -0.1) is 0 Å². The Morgan fingerprint density at radius 2 is 2.29 bits per heavy atom. The highest BCUT2D eigenvalue weighted by Crippen LogP contribution is 2.23. The van der Waals surface area contributed by atoms with Crippen LogP contribution in [-0.4, -0.2) is 36.5 Å². The Hall–Kier alpha value is -1.14. The lowest BCUT2D eigenvalue weighted by molar-refractivity contribution is 0.0946. The Morgan fingerprint density at radius 3 is 2.90 bits per heavy atom. The molecule has 1 aliphatic heterocycles. The minimum absolute atomic E-state index is 0.0183. The molecular weight excluding hydrogens is 337 g/mol. The van der Waals surface area contributed by atoms with Crippen molar-refractivity contribution >= 4 is 27.5 Å². The zero-order valence-corrected chi connectivity index (χ0v) is 13.9. The van der Waals surface area contributed by atoms with Gasteiger partial charge in [0.25, 0.3) is 5.91 Å². The molecule has 0 saturated carbocycles. The molecular formula is C15H21BrFN3O. The van der Waals surface area contributed by atoms with Gasteiger partial charge in [-0.25, -0.2) is 4.39 Å². The summed E-state index contributed by atoms with van der Waals surface area (Å²) < 4.78 is 13.7. The fourth-order valence-corrected chi connectivity index (χ4v) is 3.07. The molecule has 1 unspecified atom stereocenters. The van der Waals surface area contributed by atoms with E-state index < -0.39 is 5.82 Å². The van der Waals surface area contributed by atoms with Gasteiger partial charge in [-0.3, -0.25) is 4.79 Å². The summed E-state index contributed by atoms with van der Waals surface area (Å²) in [5.74, 6) is -0.286. The van der Waals surface area contributed by atoms with Gasteiger partial charge >= 0.3 is 0 Å². The molecule has 0 bridgehead atoms. The number of benzene rings is 1. The van der Waals surface area contributed by atoms with Crippen LogP contribution in [0.5, 0.6) is 0 Å². The van der Waals surface area contributed by atoms with Gasteiger partial charge in [0.1, 0.15) is 5.82 Å². The molecule has 1 atom stereocenters. The van der Waals surface area contributed by atoms with Gasteiger partial charge in [0.2, 0.25) is 0 Å². The van der Waals surface area contributed by atoms with E-state index in [1.165, 1.54) is 12.1 Å². The maximum absolute atomic E-state index is 13.3. The van der Waals surface area contributed by atoms with Crippen molar-refractivity contribution in [1.29, 1.82) is 0 Å². The lowest BCUT2D eigenvalue weighted by Crippen LogP contribution is -2.33. The molecule has 1 aromatic carbocycles. The number of rotatable bonds is 4. The summed E-state index contributed by atoms with van der Waals surface area (Å²) in [6.45, 7) is 7.07. The van der Waals surface area contributed by atoms with Gasteiger partial charge in [-0.2, -0.15) is 0 Å². The molecule has 0 radical (unpaired) electrons. The molecule has 0 spiro atoms. The predicted octanol–water partition coefficient (Wildman–Crippen LogP) is 2.63. The van der Waals surface area contributed by atoms with Crippen LogP contribution in [0.3, 0.4) is 0 Å². The average molecular weight is 358 g/mol. The van der Waals surface area contributed by atoms with E-state index in [4.69, 9.17) is 5.73 Å². The predicted molar refractivity (Wildman–Crippen MR) is 85.7 cm³/mol. The summed E-state index contributed by atoms with van der Waals surface area (Å²) in [5.41, 5.74) is 5.86. The van der Waals surface area contributed by atoms with E-state index in [1.807, 2.05) is 0 Å². The van der Waals surface area contributed by atoms with E-state index >= 15 is 0 Å². The molecule has 21 heavy (non-hydrogen) atoms. The van der Waals surface area contributed by atoms with Crippen LogP contribution in [-0.2, 0) is 0 Å². The first-order chi connectivity index (χ1) is 9.88. The Bertz CT molecular complexity index is 536. The topological polar surface area (TPSA) is 58.4 Å². The lowest BCUT2D eigenvalue weighted by Gasteiger charge is -2.20. The van der Waals surface area contributed by atoms with Crippen molar-refractivity contribution in [1.82, 2.24) is 10.2 Å². The highest BCUT2D eigenvalue weighted by Gasteiger charge is 2.24. The second-order valence-corrected chi connectivity index (χ2v) is 6.66. The first-order valence-corrected chi connectivity index (χ1v) is 7.94. The largest absolute Gasteiger partial charge is 0.396 e. The van der Waals surface area contributed by atoms with Crippen molar-refractivity contribution in [3.8, 4) is 0 Å². The number of anilines is 1. The Morgan fingerprint density at radius 1 is 1.57 bits per heavy atom. The van der Waals surface area contributed by atoms with Gasteiger partial charge in [0, 0.05) is 23.6 Å². The number of amides is 1. The van der Waals surface area contributed by atoms with E-state index in [-0.39, 0.29) is 11.6 Å². The Labute approximate surface area is 133 Å². The SMILES string of the molecule is CC(C)N1CCC(CNC(=O)c2cc(N)c(F)cc2Br)C1. The fraction of sp³-hybridized carbons (Fsp3) is 0.533. The van der Waals surface area contributed by atoms with E-state index in [9.17, 15) is 9.18 Å². The van der Waals surface area contributed by atoms with Crippen LogP contribution in [0, 0.1) is 11.7 Å². The monoisotopic (exact) mass is 357 g/mol. The number of halogens is 2. The molecule has 1 aromatic rings. The van der Waals surface area contributed by atoms with Crippen LogP contribution >= 0.6 is 15.9 Å². The standard InChI is InChI=1S/C15H21BrFN3O/c1-9(2)20-4-3-10(8-20)7-19-15(21)11-5-14(18)13(17)6-12(11)16/h5-6,9-10H,3-4,7-8,18H2,1-2H3,(H,19,21). The quantitative estimate of drug-likeness (QED) is 0.814. The van der Waals surface area contributed by atoms with E-state index in [0.717, 1.165) is 19.5 Å². The minimum Gasteiger partial charge on any atom is -0.396 e. The molecule has 1 saturated heterocycles. The number of nitrogens with one attached hydrogen (secondary N) is 1. The van der Waals surface area contributed by atoms with Crippen LogP contribution in [0.15, 0.2) is 16.6 Å². The zero-order chi connectivity index (χ0) is 15.6. The third-order valence-corrected chi connectivity index (χ3v) is 4.59. The maximum atomic E-state index is 13.3. The lowest BCUT2D eigenvalue weighted by atomic mass is 10.1. The molecule has 1 fully saturated rings. The van der Waals surface area contributed by atoms with Crippen molar-refractivity contribution < 1.29 is 9.18 Å². The van der Waals surface area contributed by atoms with Crippen molar-refractivity contribution in [3.63, 3.8) is 0 Å². The number of carbonyl (C=O) groups excluding carboxylic acids is 1. The fourth-order valence-electron chi connectivity index (χ4n) is 2.57. The summed E-state index contributed by atoms with van der Waals surface area (Å²) >= 11 is 3.20. The summed E-state index contributed by atoms with van der Waals surface area (Å²) in [5, 5.41) is 2.91. The second-order valence-electron chi connectivity index (χ2n) is 5.81. The number of carbonyl (C=O) groups is 1. The van der Waals surface area contributed by atoms with Crippen molar-refractivity contribution in [2.24, 2.45) is 5.92 Å². The highest BCUT2D eigenvalue weighted by atomic mass is 79.9. The van der Waals surface area contributed by atoms with Crippen molar-refractivity contribution in [3.05, 3.63) is 28.0 Å². The van der Waals surface area contributed by atoms with E-state index in [0.29, 0.717) is 28.5 Å². The molecule has 1 heterocycles. The number of likely N-dealkylation sites (tertiary alicyclic amines) is 1. The molecule has 3 N–H and O–H groups in total. The minimum atomic E-state index is -0.526.